The fourth-order valence-corrected chi connectivity index (χ4v) is 2.01. The average molecular weight is 225 g/mol. The molecule has 0 aliphatic heterocycles. The highest BCUT2D eigenvalue weighted by Crippen LogP contribution is 2.21. The summed E-state index contributed by atoms with van der Waals surface area (Å²) in [5, 5.41) is 7.53. The van der Waals surface area contributed by atoms with E-state index < -0.39 is 0 Å². The summed E-state index contributed by atoms with van der Waals surface area (Å²) in [5.74, 6) is 0. The zero-order chi connectivity index (χ0) is 12.0. The van der Waals surface area contributed by atoms with Gasteiger partial charge in [-0.15, -0.1) is 0 Å². The predicted molar refractivity (Wildman–Crippen MR) is 65.3 cm³/mol. The van der Waals surface area contributed by atoms with Crippen LogP contribution in [-0.4, -0.2) is 29.5 Å². The van der Waals surface area contributed by atoms with E-state index >= 15 is 0 Å². The molecule has 0 aromatic carbocycles. The maximum absolute atomic E-state index is 5.80. The molecule has 4 heteroatoms. The Bertz CT molecular complexity index is 292. The van der Waals surface area contributed by atoms with Crippen LogP contribution in [-0.2, 0) is 11.8 Å². The Morgan fingerprint density at radius 2 is 2.25 bits per heavy atom. The molecule has 2 atom stereocenters. The summed E-state index contributed by atoms with van der Waals surface area (Å²) in [6, 6.07) is 0.230. The molecule has 0 fully saturated rings. The number of aromatic nitrogens is 2. The predicted octanol–water partition coefficient (Wildman–Crippen LogP) is 1.89. The molecule has 4 nitrogen and oxygen atoms in total. The molecule has 0 amide bonds. The highest BCUT2D eigenvalue weighted by Gasteiger charge is 2.22. The van der Waals surface area contributed by atoms with E-state index in [1.54, 1.807) is 0 Å². The topological polar surface area (TPSA) is 39.1 Å². The first kappa shape index (κ1) is 13.2. The van der Waals surface area contributed by atoms with Crippen LogP contribution in [0.2, 0.25) is 0 Å². The van der Waals surface area contributed by atoms with Crippen molar-refractivity contribution in [2.24, 2.45) is 7.05 Å². The van der Waals surface area contributed by atoms with Gasteiger partial charge >= 0.3 is 0 Å². The van der Waals surface area contributed by atoms with Gasteiger partial charge in [-0.25, -0.2) is 0 Å². The average Bonchev–Trinajstić information content (AvgIpc) is 2.67. The number of hydrogen-bond donors (Lipinski definition) is 1. The van der Waals surface area contributed by atoms with Gasteiger partial charge in [0, 0.05) is 25.4 Å². The highest BCUT2D eigenvalue weighted by molar-refractivity contribution is 5.12. The van der Waals surface area contributed by atoms with Gasteiger partial charge in [0.15, 0.2) is 0 Å². The second kappa shape index (κ2) is 6.66. The van der Waals surface area contributed by atoms with E-state index in [2.05, 4.69) is 17.3 Å². The molecule has 1 aromatic rings. The molecule has 92 valence electrons. The minimum atomic E-state index is 0.226. The number of aryl methyl sites for hydroxylation is 1. The van der Waals surface area contributed by atoms with Gasteiger partial charge in [0.25, 0.3) is 0 Å². The molecule has 0 aliphatic rings. The van der Waals surface area contributed by atoms with E-state index in [1.807, 2.05) is 38.1 Å². The van der Waals surface area contributed by atoms with Crippen LogP contribution in [0.5, 0.6) is 0 Å². The van der Waals surface area contributed by atoms with Gasteiger partial charge in [-0.05, 0) is 20.4 Å². The molecule has 0 bridgehead atoms. The van der Waals surface area contributed by atoms with E-state index in [0.717, 1.165) is 19.4 Å². The lowest BCUT2D eigenvalue weighted by molar-refractivity contribution is 0.0295. The fourth-order valence-electron chi connectivity index (χ4n) is 2.01. The Labute approximate surface area is 98.0 Å². The van der Waals surface area contributed by atoms with Crippen LogP contribution in [0, 0.1) is 0 Å². The zero-order valence-electron chi connectivity index (χ0n) is 10.7. The Hall–Kier alpha value is -0.870. The molecule has 1 aromatic heterocycles. The second-order valence-corrected chi connectivity index (χ2v) is 4.00. The number of nitrogens with one attached hydrogen (secondary N) is 1. The molecule has 1 rings (SSSR count). The number of ether oxygens (including phenoxy) is 1. The highest BCUT2D eigenvalue weighted by atomic mass is 16.5. The van der Waals surface area contributed by atoms with Crippen molar-refractivity contribution in [1.82, 2.24) is 15.1 Å². The SMILES string of the molecule is CCCC(OCC)C(NC)c1cnn(C)c1. The van der Waals surface area contributed by atoms with Gasteiger partial charge in [-0.1, -0.05) is 13.3 Å². The number of likely N-dealkylation sites (N-methyl/N-ethyl adjacent to an activating group) is 1. The lowest BCUT2D eigenvalue weighted by Crippen LogP contribution is -2.31. The minimum absolute atomic E-state index is 0.226. The van der Waals surface area contributed by atoms with Crippen molar-refractivity contribution in [2.45, 2.75) is 38.8 Å². The summed E-state index contributed by atoms with van der Waals surface area (Å²) in [6.07, 6.45) is 6.37. The summed E-state index contributed by atoms with van der Waals surface area (Å²) >= 11 is 0. The van der Waals surface area contributed by atoms with Gasteiger partial charge in [0.05, 0.1) is 18.3 Å². The van der Waals surface area contributed by atoms with E-state index in [0.29, 0.717) is 0 Å². The normalized spacial score (nSPS) is 15.0. The molecule has 0 radical (unpaired) electrons. The molecular weight excluding hydrogens is 202 g/mol. The summed E-state index contributed by atoms with van der Waals surface area (Å²) < 4.78 is 7.63. The van der Waals surface area contributed by atoms with E-state index in [9.17, 15) is 0 Å². The van der Waals surface area contributed by atoms with Crippen molar-refractivity contribution < 1.29 is 4.74 Å². The van der Waals surface area contributed by atoms with Crippen molar-refractivity contribution in [3.8, 4) is 0 Å². The molecule has 16 heavy (non-hydrogen) atoms. The van der Waals surface area contributed by atoms with Gasteiger partial charge in [-0.2, -0.15) is 5.10 Å². The van der Waals surface area contributed by atoms with Crippen molar-refractivity contribution in [3.63, 3.8) is 0 Å². The molecular formula is C12H23N3O. The molecule has 0 spiro atoms. The van der Waals surface area contributed by atoms with Crippen molar-refractivity contribution in [2.75, 3.05) is 13.7 Å². The Morgan fingerprint density at radius 1 is 1.50 bits per heavy atom. The Morgan fingerprint density at radius 3 is 2.69 bits per heavy atom. The smallest absolute Gasteiger partial charge is 0.0770 e. The third-order valence-electron chi connectivity index (χ3n) is 2.72. The second-order valence-electron chi connectivity index (χ2n) is 4.00. The van der Waals surface area contributed by atoms with E-state index in [-0.39, 0.29) is 12.1 Å². The first-order chi connectivity index (χ1) is 7.72. The largest absolute Gasteiger partial charge is 0.377 e. The number of nitrogens with zero attached hydrogens (tertiary/aromatic N) is 2. The molecule has 1 heterocycles. The Balaban J connectivity index is 2.76. The lowest BCUT2D eigenvalue weighted by Gasteiger charge is -2.25. The summed E-state index contributed by atoms with van der Waals surface area (Å²) in [7, 11) is 3.91. The van der Waals surface area contributed by atoms with Gasteiger partial charge < -0.3 is 10.1 Å². The number of rotatable bonds is 7. The van der Waals surface area contributed by atoms with Gasteiger partial charge in [0.1, 0.15) is 0 Å². The maximum Gasteiger partial charge on any atom is 0.0770 e. The van der Waals surface area contributed by atoms with Crippen LogP contribution in [0.1, 0.15) is 38.3 Å². The summed E-state index contributed by atoms with van der Waals surface area (Å²) in [5.41, 5.74) is 1.19. The molecule has 0 aliphatic carbocycles. The summed E-state index contributed by atoms with van der Waals surface area (Å²) in [6.45, 7) is 4.98. The quantitative estimate of drug-likeness (QED) is 0.770. The standard InChI is InChI=1S/C12H23N3O/c1-5-7-11(16-6-2)12(13-3)10-8-14-15(4)9-10/h8-9,11-13H,5-7H2,1-4H3. The first-order valence-corrected chi connectivity index (χ1v) is 6.00. The minimum Gasteiger partial charge on any atom is -0.377 e. The van der Waals surface area contributed by atoms with Crippen LogP contribution in [0.4, 0.5) is 0 Å². The van der Waals surface area contributed by atoms with Gasteiger partial charge in [0.2, 0.25) is 0 Å². The fraction of sp³-hybridized carbons (Fsp3) is 0.750. The van der Waals surface area contributed by atoms with E-state index in [1.165, 1.54) is 5.56 Å². The van der Waals surface area contributed by atoms with Crippen LogP contribution < -0.4 is 5.32 Å². The van der Waals surface area contributed by atoms with E-state index in [4.69, 9.17) is 4.74 Å². The van der Waals surface area contributed by atoms with Crippen LogP contribution in [0.15, 0.2) is 12.4 Å². The number of hydrogen-bond acceptors (Lipinski definition) is 3. The van der Waals surface area contributed by atoms with Crippen LogP contribution in [0.3, 0.4) is 0 Å². The van der Waals surface area contributed by atoms with Crippen LogP contribution in [0.25, 0.3) is 0 Å². The molecule has 0 saturated carbocycles. The van der Waals surface area contributed by atoms with Crippen molar-refractivity contribution in [1.29, 1.82) is 0 Å². The molecule has 1 N–H and O–H groups in total. The zero-order valence-corrected chi connectivity index (χ0v) is 10.7. The maximum atomic E-state index is 5.80. The summed E-state index contributed by atoms with van der Waals surface area (Å²) in [4.78, 5) is 0. The first-order valence-electron chi connectivity index (χ1n) is 6.00. The Kier molecular flexibility index (Phi) is 5.49. The third-order valence-corrected chi connectivity index (χ3v) is 2.72. The molecule has 2 unspecified atom stereocenters. The third kappa shape index (κ3) is 3.32. The molecule has 0 saturated heterocycles. The lowest BCUT2D eigenvalue weighted by atomic mass is 10.0. The van der Waals surface area contributed by atoms with Crippen molar-refractivity contribution in [3.05, 3.63) is 18.0 Å². The van der Waals surface area contributed by atoms with Gasteiger partial charge in [-0.3, -0.25) is 4.68 Å². The van der Waals surface area contributed by atoms with Crippen molar-refractivity contribution >= 4 is 0 Å². The monoisotopic (exact) mass is 225 g/mol. The van der Waals surface area contributed by atoms with Crippen LogP contribution >= 0.6 is 0 Å².